The molecule has 0 radical (unpaired) electrons. The Morgan fingerprint density at radius 2 is 2.00 bits per heavy atom. The maximum absolute atomic E-state index is 8.84. The van der Waals surface area contributed by atoms with Crippen LogP contribution in [0.4, 0.5) is 0 Å². The number of hydrogen-bond acceptors (Lipinski definition) is 4. The third-order valence-corrected chi connectivity index (χ3v) is 2.42. The van der Waals surface area contributed by atoms with Crippen LogP contribution in [0.25, 0.3) is 5.95 Å². The van der Waals surface area contributed by atoms with Crippen LogP contribution in [-0.4, -0.2) is 19.5 Å². The van der Waals surface area contributed by atoms with Crippen LogP contribution in [0.3, 0.4) is 0 Å². The largest absolute Gasteiger partial charge is 0.271 e. The molecule has 0 bridgehead atoms. The molecule has 5 heteroatoms. The second kappa shape index (κ2) is 3.74. The van der Waals surface area contributed by atoms with Crippen molar-refractivity contribution in [2.45, 2.75) is 20.8 Å². The van der Waals surface area contributed by atoms with Crippen LogP contribution >= 0.6 is 0 Å². The van der Waals surface area contributed by atoms with E-state index in [1.54, 1.807) is 17.0 Å². The summed E-state index contributed by atoms with van der Waals surface area (Å²) in [4.78, 5) is 12.6. The summed E-state index contributed by atoms with van der Waals surface area (Å²) >= 11 is 0. The van der Waals surface area contributed by atoms with Gasteiger partial charge in [-0.05, 0) is 26.8 Å². The van der Waals surface area contributed by atoms with E-state index >= 15 is 0 Å². The van der Waals surface area contributed by atoms with Gasteiger partial charge in [-0.3, -0.25) is 4.57 Å². The smallest absolute Gasteiger partial charge is 0.236 e. The van der Waals surface area contributed by atoms with Gasteiger partial charge in [-0.25, -0.2) is 15.0 Å². The molecule has 80 valence electrons. The summed E-state index contributed by atoms with van der Waals surface area (Å²) in [7, 11) is 0. The first-order valence-electron chi connectivity index (χ1n) is 4.88. The van der Waals surface area contributed by atoms with Crippen molar-refractivity contribution in [1.82, 2.24) is 19.5 Å². The van der Waals surface area contributed by atoms with Crippen LogP contribution in [0.5, 0.6) is 0 Å². The lowest BCUT2D eigenvalue weighted by molar-refractivity contribution is 0.876. The number of nitrogens with zero attached hydrogens (tertiary/aromatic N) is 5. The molecule has 0 aromatic carbocycles. The number of aryl methyl sites for hydroxylation is 2. The molecule has 0 unspecified atom stereocenters. The van der Waals surface area contributed by atoms with Crippen molar-refractivity contribution in [1.29, 1.82) is 5.26 Å². The maximum atomic E-state index is 8.84. The topological polar surface area (TPSA) is 67.4 Å². The normalized spacial score (nSPS) is 10.1. The summed E-state index contributed by atoms with van der Waals surface area (Å²) < 4.78 is 1.78. The van der Waals surface area contributed by atoms with E-state index in [2.05, 4.69) is 15.0 Å². The molecule has 0 atom stereocenters. The van der Waals surface area contributed by atoms with E-state index in [0.29, 0.717) is 11.6 Å². The first kappa shape index (κ1) is 10.3. The molecular formula is C11H11N5. The minimum atomic E-state index is 0.369. The minimum absolute atomic E-state index is 0.369. The first-order valence-corrected chi connectivity index (χ1v) is 4.88. The fourth-order valence-corrected chi connectivity index (χ4v) is 1.42. The lowest BCUT2D eigenvalue weighted by Gasteiger charge is -2.04. The maximum Gasteiger partial charge on any atom is 0.236 e. The van der Waals surface area contributed by atoms with Crippen molar-refractivity contribution < 1.29 is 0 Å². The number of aromatic nitrogens is 4. The van der Waals surface area contributed by atoms with Gasteiger partial charge in [0, 0.05) is 11.4 Å². The lowest BCUT2D eigenvalue weighted by Crippen LogP contribution is -2.04. The van der Waals surface area contributed by atoms with Gasteiger partial charge < -0.3 is 0 Å². The summed E-state index contributed by atoms with van der Waals surface area (Å²) in [6.07, 6.45) is 1.67. The second-order valence-electron chi connectivity index (χ2n) is 3.59. The molecule has 2 aromatic heterocycles. The van der Waals surface area contributed by atoms with Gasteiger partial charge in [0.25, 0.3) is 0 Å². The fourth-order valence-electron chi connectivity index (χ4n) is 1.42. The van der Waals surface area contributed by atoms with Crippen molar-refractivity contribution in [3.05, 3.63) is 35.2 Å². The number of rotatable bonds is 1. The Bertz CT molecular complexity index is 577. The Balaban J connectivity index is 2.61. The van der Waals surface area contributed by atoms with E-state index in [1.165, 1.54) is 0 Å². The van der Waals surface area contributed by atoms with Crippen LogP contribution < -0.4 is 0 Å². The van der Waals surface area contributed by atoms with E-state index in [1.807, 2.05) is 26.8 Å². The molecule has 0 saturated heterocycles. The van der Waals surface area contributed by atoms with Crippen molar-refractivity contribution in [2.24, 2.45) is 0 Å². The molecular weight excluding hydrogens is 202 g/mol. The molecule has 0 amide bonds. The average Bonchev–Trinajstić information content (AvgIpc) is 2.59. The monoisotopic (exact) mass is 213 g/mol. The fraction of sp³-hybridized carbons (Fsp3) is 0.273. The summed E-state index contributed by atoms with van der Waals surface area (Å²) in [5, 5.41) is 8.84. The van der Waals surface area contributed by atoms with Gasteiger partial charge >= 0.3 is 0 Å². The molecule has 0 fully saturated rings. The predicted octanol–water partition coefficient (Wildman–Crippen LogP) is 1.46. The van der Waals surface area contributed by atoms with Crippen LogP contribution in [0.1, 0.15) is 22.8 Å². The minimum Gasteiger partial charge on any atom is -0.271 e. The molecule has 2 rings (SSSR count). The third-order valence-electron chi connectivity index (χ3n) is 2.42. The third kappa shape index (κ3) is 1.65. The zero-order chi connectivity index (χ0) is 11.7. The molecule has 0 N–H and O–H groups in total. The van der Waals surface area contributed by atoms with Crippen LogP contribution in [-0.2, 0) is 0 Å². The summed E-state index contributed by atoms with van der Waals surface area (Å²) in [5.41, 5.74) is 3.05. The van der Waals surface area contributed by atoms with E-state index in [-0.39, 0.29) is 0 Å². The standard InChI is InChI=1S/C11H11N5/c1-7-4-10(5-12)15-11(14-7)16-6-13-8(2)9(16)3/h4,6H,1-3H3. The van der Waals surface area contributed by atoms with Crippen molar-refractivity contribution in [3.8, 4) is 12.0 Å². The highest BCUT2D eigenvalue weighted by Crippen LogP contribution is 2.10. The molecule has 2 aromatic rings. The Morgan fingerprint density at radius 3 is 2.56 bits per heavy atom. The molecule has 0 saturated carbocycles. The number of hydrogen-bond donors (Lipinski definition) is 0. The number of imidazole rings is 1. The van der Waals surface area contributed by atoms with Gasteiger partial charge in [-0.2, -0.15) is 5.26 Å². The zero-order valence-corrected chi connectivity index (χ0v) is 9.39. The Kier molecular flexibility index (Phi) is 2.41. The second-order valence-corrected chi connectivity index (χ2v) is 3.59. The molecule has 2 heterocycles. The SMILES string of the molecule is Cc1cc(C#N)nc(-n2cnc(C)c2C)n1. The highest BCUT2D eigenvalue weighted by Gasteiger charge is 2.08. The number of nitriles is 1. The Hall–Kier alpha value is -2.22. The molecule has 0 aliphatic carbocycles. The summed E-state index contributed by atoms with van der Waals surface area (Å²) in [6.45, 7) is 5.71. The summed E-state index contributed by atoms with van der Waals surface area (Å²) in [6, 6.07) is 3.67. The van der Waals surface area contributed by atoms with Gasteiger partial charge in [0.1, 0.15) is 18.1 Å². The Morgan fingerprint density at radius 1 is 1.25 bits per heavy atom. The van der Waals surface area contributed by atoms with Crippen LogP contribution in [0.15, 0.2) is 12.4 Å². The van der Waals surface area contributed by atoms with Gasteiger partial charge in [-0.1, -0.05) is 0 Å². The molecule has 0 aliphatic rings. The van der Waals surface area contributed by atoms with E-state index < -0.39 is 0 Å². The lowest BCUT2D eigenvalue weighted by atomic mass is 10.3. The average molecular weight is 213 g/mol. The van der Waals surface area contributed by atoms with Crippen molar-refractivity contribution >= 4 is 0 Å². The molecule has 16 heavy (non-hydrogen) atoms. The zero-order valence-electron chi connectivity index (χ0n) is 9.39. The van der Waals surface area contributed by atoms with Gasteiger partial charge in [0.2, 0.25) is 5.95 Å². The highest BCUT2D eigenvalue weighted by atomic mass is 15.2. The van der Waals surface area contributed by atoms with Gasteiger partial charge in [0.05, 0.1) is 5.69 Å². The Labute approximate surface area is 93.4 Å². The molecule has 0 aliphatic heterocycles. The van der Waals surface area contributed by atoms with E-state index in [4.69, 9.17) is 5.26 Å². The predicted molar refractivity (Wildman–Crippen MR) is 58.1 cm³/mol. The quantitative estimate of drug-likeness (QED) is 0.719. The van der Waals surface area contributed by atoms with Gasteiger partial charge in [-0.15, -0.1) is 0 Å². The van der Waals surface area contributed by atoms with Gasteiger partial charge in [0.15, 0.2) is 0 Å². The molecule has 5 nitrogen and oxygen atoms in total. The highest BCUT2D eigenvalue weighted by molar-refractivity contribution is 5.29. The van der Waals surface area contributed by atoms with Crippen molar-refractivity contribution in [3.63, 3.8) is 0 Å². The van der Waals surface area contributed by atoms with E-state index in [0.717, 1.165) is 17.1 Å². The van der Waals surface area contributed by atoms with Crippen LogP contribution in [0, 0.1) is 32.1 Å². The molecule has 0 spiro atoms. The summed E-state index contributed by atoms with van der Waals surface area (Å²) in [5.74, 6) is 0.495. The van der Waals surface area contributed by atoms with Crippen LogP contribution in [0.2, 0.25) is 0 Å². The first-order chi connectivity index (χ1) is 7.61. The van der Waals surface area contributed by atoms with Crippen molar-refractivity contribution in [2.75, 3.05) is 0 Å². The van der Waals surface area contributed by atoms with E-state index in [9.17, 15) is 0 Å².